The van der Waals surface area contributed by atoms with Crippen molar-refractivity contribution in [1.29, 1.82) is 0 Å². The number of likely N-dealkylation sites (tertiary alicyclic amines) is 1. The quantitative estimate of drug-likeness (QED) is 0.0892. The molecule has 14 N–H and O–H groups in total. The number of ether oxygens (including phenoxy) is 5. The van der Waals surface area contributed by atoms with E-state index >= 15 is 0 Å². The topological polar surface area (TPSA) is 361 Å². The van der Waals surface area contributed by atoms with Gasteiger partial charge in [0.25, 0.3) is 0 Å². The maximum absolute atomic E-state index is 12.7. The number of carboxylic acid groups (broad SMARTS) is 1. The van der Waals surface area contributed by atoms with Crippen molar-refractivity contribution in [2.75, 3.05) is 26.4 Å². The molecule has 17 unspecified atom stereocenters. The van der Waals surface area contributed by atoms with E-state index in [0.29, 0.717) is 6.42 Å². The monoisotopic (exact) mass is 715 g/mol. The summed E-state index contributed by atoms with van der Waals surface area (Å²) in [5, 5.41) is 114. The minimum absolute atomic E-state index is 0.142. The first-order valence-corrected chi connectivity index (χ1v) is 15.6. The summed E-state index contributed by atoms with van der Waals surface area (Å²) in [6.45, 7) is -1.94. The lowest BCUT2D eigenvalue weighted by atomic mass is 9.97. The average Bonchev–Trinajstić information content (AvgIpc) is 3.57. The zero-order chi connectivity index (χ0) is 36.3. The van der Waals surface area contributed by atoms with Crippen LogP contribution in [0.25, 0.3) is 0 Å². The molecular formula is C27H45N3O19. The fourth-order valence-corrected chi connectivity index (χ4v) is 5.99. The van der Waals surface area contributed by atoms with E-state index < -0.39 is 148 Å². The SMILES string of the molecule is NC(CC(=O)NC1OC(COC2OC(COC3OC(CO)C(O)C(O)C3O)C(O)C(O)C2O)C(O)C(O)C1O)C(=O)N1CCCC1C(=O)O. The molecule has 2 amide bonds. The van der Waals surface area contributed by atoms with Crippen LogP contribution in [0.3, 0.4) is 0 Å². The highest BCUT2D eigenvalue weighted by Crippen LogP contribution is 2.28. The number of amides is 2. The number of aliphatic hydroxyl groups is 10. The van der Waals surface area contributed by atoms with Crippen molar-refractivity contribution in [3.05, 3.63) is 0 Å². The molecule has 4 aliphatic rings. The number of carboxylic acids is 1. The van der Waals surface area contributed by atoms with Crippen molar-refractivity contribution in [2.45, 2.75) is 123 Å². The van der Waals surface area contributed by atoms with Crippen LogP contribution in [0.15, 0.2) is 0 Å². The molecule has 4 heterocycles. The van der Waals surface area contributed by atoms with Gasteiger partial charge in [0, 0.05) is 6.54 Å². The first kappa shape index (κ1) is 39.6. The van der Waals surface area contributed by atoms with E-state index in [9.17, 15) is 70.6 Å². The van der Waals surface area contributed by atoms with E-state index in [1.807, 2.05) is 0 Å². The van der Waals surface area contributed by atoms with Gasteiger partial charge >= 0.3 is 5.97 Å². The van der Waals surface area contributed by atoms with E-state index in [1.165, 1.54) is 0 Å². The summed E-state index contributed by atoms with van der Waals surface area (Å²) in [6, 6.07) is -2.52. The zero-order valence-corrected chi connectivity index (χ0v) is 26.0. The van der Waals surface area contributed by atoms with Gasteiger partial charge in [-0.05, 0) is 12.8 Å². The molecule has 0 aromatic carbocycles. The summed E-state index contributed by atoms with van der Waals surface area (Å²) in [7, 11) is 0. The Bertz CT molecular complexity index is 1140. The van der Waals surface area contributed by atoms with E-state index in [0.717, 1.165) is 4.90 Å². The molecule has 22 heteroatoms. The summed E-state index contributed by atoms with van der Waals surface area (Å²) in [6.07, 6.45) is -25.7. The normalized spacial score (nSPS) is 43.6. The summed E-state index contributed by atoms with van der Waals surface area (Å²) < 4.78 is 27.0. The van der Waals surface area contributed by atoms with Crippen molar-refractivity contribution in [2.24, 2.45) is 5.73 Å². The largest absolute Gasteiger partial charge is 0.480 e. The van der Waals surface area contributed by atoms with Gasteiger partial charge in [-0.15, -0.1) is 0 Å². The second kappa shape index (κ2) is 16.9. The number of nitrogens with zero attached hydrogens (tertiary/aromatic N) is 1. The molecule has 0 spiro atoms. The fraction of sp³-hybridized carbons (Fsp3) is 0.889. The molecule has 0 saturated carbocycles. The van der Waals surface area contributed by atoms with E-state index in [1.54, 1.807) is 0 Å². The number of hydrogen-bond acceptors (Lipinski definition) is 19. The van der Waals surface area contributed by atoms with Gasteiger partial charge in [-0.1, -0.05) is 0 Å². The van der Waals surface area contributed by atoms with Gasteiger partial charge in [0.15, 0.2) is 18.8 Å². The molecule has 4 saturated heterocycles. The predicted molar refractivity (Wildman–Crippen MR) is 152 cm³/mol. The Morgan fingerprint density at radius 3 is 1.76 bits per heavy atom. The number of nitrogens with one attached hydrogen (secondary N) is 1. The van der Waals surface area contributed by atoms with Gasteiger partial charge < -0.3 is 95.8 Å². The van der Waals surface area contributed by atoms with Gasteiger partial charge in [-0.25, -0.2) is 4.79 Å². The predicted octanol–water partition coefficient (Wildman–Crippen LogP) is -8.66. The van der Waals surface area contributed by atoms with Crippen LogP contribution < -0.4 is 11.1 Å². The van der Waals surface area contributed by atoms with Gasteiger partial charge in [0.05, 0.1) is 32.3 Å². The third-order valence-corrected chi connectivity index (χ3v) is 8.93. The molecule has 282 valence electrons. The maximum atomic E-state index is 12.7. The second-order valence-electron chi connectivity index (χ2n) is 12.4. The molecule has 17 atom stereocenters. The Labute approximate surface area is 278 Å². The number of aliphatic hydroxyl groups excluding tert-OH is 10. The summed E-state index contributed by atoms with van der Waals surface area (Å²) in [5.41, 5.74) is 5.85. The molecule has 0 aromatic rings. The first-order valence-electron chi connectivity index (χ1n) is 15.6. The molecule has 49 heavy (non-hydrogen) atoms. The molecule has 0 aliphatic carbocycles. The highest BCUT2D eigenvalue weighted by atomic mass is 16.7. The average molecular weight is 716 g/mol. The minimum atomic E-state index is -1.91. The summed E-state index contributed by atoms with van der Waals surface area (Å²) in [5.74, 6) is -2.91. The highest BCUT2D eigenvalue weighted by molar-refractivity contribution is 5.91. The van der Waals surface area contributed by atoms with Crippen LogP contribution in [-0.4, -0.2) is 209 Å². The molecule has 22 nitrogen and oxygen atoms in total. The lowest BCUT2D eigenvalue weighted by Gasteiger charge is -2.44. The van der Waals surface area contributed by atoms with Gasteiger partial charge in [0.2, 0.25) is 11.8 Å². The van der Waals surface area contributed by atoms with Crippen LogP contribution in [-0.2, 0) is 38.1 Å². The van der Waals surface area contributed by atoms with Gasteiger partial charge in [-0.2, -0.15) is 0 Å². The van der Waals surface area contributed by atoms with E-state index in [4.69, 9.17) is 29.4 Å². The van der Waals surface area contributed by atoms with Crippen LogP contribution >= 0.6 is 0 Å². The highest BCUT2D eigenvalue weighted by Gasteiger charge is 2.49. The number of rotatable bonds is 12. The Morgan fingerprint density at radius 1 is 0.735 bits per heavy atom. The lowest BCUT2D eigenvalue weighted by Crippen LogP contribution is -2.64. The van der Waals surface area contributed by atoms with Crippen LogP contribution in [0.1, 0.15) is 19.3 Å². The van der Waals surface area contributed by atoms with Crippen molar-refractivity contribution in [3.63, 3.8) is 0 Å². The van der Waals surface area contributed by atoms with E-state index in [2.05, 4.69) is 5.32 Å². The molecule has 4 fully saturated rings. The zero-order valence-electron chi connectivity index (χ0n) is 26.0. The molecule has 4 rings (SSSR count). The summed E-state index contributed by atoms with van der Waals surface area (Å²) in [4.78, 5) is 37.8. The molecule has 0 bridgehead atoms. The van der Waals surface area contributed by atoms with E-state index in [-0.39, 0.29) is 13.0 Å². The first-order chi connectivity index (χ1) is 23.1. The Kier molecular flexibility index (Phi) is 13.6. The Hall–Kier alpha value is -2.23. The summed E-state index contributed by atoms with van der Waals surface area (Å²) >= 11 is 0. The van der Waals surface area contributed by atoms with Crippen molar-refractivity contribution < 1.29 is 94.2 Å². The lowest BCUT2D eigenvalue weighted by molar-refractivity contribution is -0.336. The number of aliphatic carboxylic acids is 1. The molecule has 0 radical (unpaired) electrons. The second-order valence-corrected chi connectivity index (χ2v) is 12.4. The number of carbonyl (C=O) groups excluding carboxylic acids is 2. The molecule has 0 aromatic heterocycles. The number of carbonyl (C=O) groups is 3. The minimum Gasteiger partial charge on any atom is -0.480 e. The maximum Gasteiger partial charge on any atom is 0.326 e. The number of hydrogen-bond donors (Lipinski definition) is 13. The smallest absolute Gasteiger partial charge is 0.326 e. The van der Waals surface area contributed by atoms with Crippen molar-refractivity contribution in [1.82, 2.24) is 10.2 Å². The van der Waals surface area contributed by atoms with Crippen LogP contribution in [0.5, 0.6) is 0 Å². The third kappa shape index (κ3) is 8.81. The molecular weight excluding hydrogens is 670 g/mol. The van der Waals surface area contributed by atoms with Crippen LogP contribution in [0.2, 0.25) is 0 Å². The van der Waals surface area contributed by atoms with Gasteiger partial charge in [-0.3, -0.25) is 9.59 Å². The third-order valence-electron chi connectivity index (χ3n) is 8.93. The molecule has 4 aliphatic heterocycles. The Morgan fingerprint density at radius 2 is 1.22 bits per heavy atom. The fourth-order valence-electron chi connectivity index (χ4n) is 5.99. The van der Waals surface area contributed by atoms with Crippen molar-refractivity contribution >= 4 is 17.8 Å². The van der Waals surface area contributed by atoms with Crippen LogP contribution in [0, 0.1) is 0 Å². The Balaban J connectivity index is 1.32. The van der Waals surface area contributed by atoms with Crippen molar-refractivity contribution in [3.8, 4) is 0 Å². The standard InChI is InChI=1S/C27H45N3O19/c28-8(24(42)30-3-1-2-9(30)25(43)44)4-13(32)29-23-20(39)17(36)15(34)11(47-23)6-45-27-22(41)19(38)16(35)12(49-27)7-46-26-21(40)18(37)14(33)10(5-31)48-26/h8-12,14-23,26-27,31,33-41H,1-7,28H2,(H,29,32)(H,43,44). The van der Waals surface area contributed by atoms with Crippen LogP contribution in [0.4, 0.5) is 0 Å². The van der Waals surface area contributed by atoms with Gasteiger partial charge in [0.1, 0.15) is 79.3 Å². The number of nitrogens with two attached hydrogens (primary N) is 1.